The van der Waals surface area contributed by atoms with E-state index >= 15 is 0 Å². The molecule has 3 saturated carbocycles. The minimum Gasteiger partial charge on any atom is -0.387 e. The summed E-state index contributed by atoms with van der Waals surface area (Å²) in [7, 11) is 1.70. The molecule has 0 aromatic heterocycles. The number of allylic oxidation sites excluding steroid dienone is 1. The average Bonchev–Trinajstić information content (AvgIpc) is 3.23. The van der Waals surface area contributed by atoms with Gasteiger partial charge in [-0.3, -0.25) is 0 Å². The van der Waals surface area contributed by atoms with Crippen molar-refractivity contribution < 1.29 is 19.3 Å². The van der Waals surface area contributed by atoms with Crippen LogP contribution < -0.4 is 0 Å². The molecule has 0 radical (unpaired) electrons. The smallest absolute Gasteiger partial charge is 0.174 e. The van der Waals surface area contributed by atoms with Crippen LogP contribution in [0.2, 0.25) is 0 Å². The lowest BCUT2D eigenvalue weighted by Gasteiger charge is -2.59. The Morgan fingerprint density at radius 3 is 2.56 bits per heavy atom. The van der Waals surface area contributed by atoms with Gasteiger partial charge in [0.2, 0.25) is 0 Å². The molecule has 0 unspecified atom stereocenters. The summed E-state index contributed by atoms with van der Waals surface area (Å²) in [6.07, 6.45) is 11.2. The summed E-state index contributed by atoms with van der Waals surface area (Å²) in [6, 6.07) is 0. The van der Waals surface area contributed by atoms with Gasteiger partial charge in [-0.2, -0.15) is 0 Å². The molecule has 4 fully saturated rings. The van der Waals surface area contributed by atoms with Crippen LogP contribution in [0.3, 0.4) is 0 Å². The van der Waals surface area contributed by atoms with Gasteiger partial charge < -0.3 is 19.3 Å². The van der Waals surface area contributed by atoms with E-state index in [1.54, 1.807) is 7.11 Å². The van der Waals surface area contributed by atoms with Gasteiger partial charge in [-0.1, -0.05) is 25.5 Å². The van der Waals surface area contributed by atoms with Crippen molar-refractivity contribution in [3.8, 4) is 0 Å². The van der Waals surface area contributed by atoms with E-state index in [2.05, 4.69) is 19.9 Å². The van der Waals surface area contributed by atoms with Crippen LogP contribution >= 0.6 is 0 Å². The fourth-order valence-corrected chi connectivity index (χ4v) is 7.99. The third-order valence-corrected chi connectivity index (χ3v) is 9.47. The summed E-state index contributed by atoms with van der Waals surface area (Å²) in [6.45, 7) is 6.91. The first kappa shape index (κ1) is 18.6. The molecule has 0 aromatic carbocycles. The van der Waals surface area contributed by atoms with E-state index in [0.29, 0.717) is 12.5 Å². The van der Waals surface area contributed by atoms with E-state index in [1.807, 2.05) is 0 Å². The highest BCUT2D eigenvalue weighted by Gasteiger charge is 2.66. The maximum atomic E-state index is 11.0. The summed E-state index contributed by atoms with van der Waals surface area (Å²) in [5.74, 6) is 1.86. The highest BCUT2D eigenvalue weighted by Crippen LogP contribution is 2.68. The van der Waals surface area contributed by atoms with Crippen LogP contribution in [0.1, 0.15) is 65.2 Å². The lowest BCUT2D eigenvalue weighted by molar-refractivity contribution is -0.242. The van der Waals surface area contributed by atoms with Gasteiger partial charge in [0.25, 0.3) is 0 Å². The number of hydrogen-bond donors (Lipinski definition) is 1. The number of fused-ring (bicyclic) bond motifs is 6. The van der Waals surface area contributed by atoms with Gasteiger partial charge in [0.1, 0.15) is 0 Å². The topological polar surface area (TPSA) is 47.9 Å². The van der Waals surface area contributed by atoms with Gasteiger partial charge in [0.15, 0.2) is 5.79 Å². The lowest BCUT2D eigenvalue weighted by Crippen LogP contribution is -2.56. The largest absolute Gasteiger partial charge is 0.387 e. The Morgan fingerprint density at radius 2 is 1.81 bits per heavy atom. The second-order valence-corrected chi connectivity index (χ2v) is 10.5. The summed E-state index contributed by atoms with van der Waals surface area (Å²) in [5, 5.41) is 11.0. The van der Waals surface area contributed by atoms with Crippen molar-refractivity contribution in [2.45, 2.75) is 76.6 Å². The molecular weight excluding hydrogens is 340 g/mol. The third kappa shape index (κ3) is 2.43. The molecule has 27 heavy (non-hydrogen) atoms. The molecule has 1 heterocycles. The van der Waals surface area contributed by atoms with Crippen molar-refractivity contribution in [1.29, 1.82) is 0 Å². The van der Waals surface area contributed by atoms with E-state index in [9.17, 15) is 5.11 Å². The average molecular weight is 377 g/mol. The fraction of sp³-hybridized carbons (Fsp3) is 0.913. The zero-order valence-corrected chi connectivity index (χ0v) is 17.3. The van der Waals surface area contributed by atoms with E-state index in [1.165, 1.54) is 24.8 Å². The first-order chi connectivity index (χ1) is 12.9. The minimum absolute atomic E-state index is 0.165. The summed E-state index contributed by atoms with van der Waals surface area (Å²) in [5.41, 5.74) is 1.24. The highest BCUT2D eigenvalue weighted by atomic mass is 16.7. The number of rotatable bonds is 2. The van der Waals surface area contributed by atoms with Gasteiger partial charge in [-0.15, -0.1) is 0 Å². The Hall–Kier alpha value is -0.420. The van der Waals surface area contributed by atoms with E-state index in [4.69, 9.17) is 14.2 Å². The Labute approximate surface area is 163 Å². The molecule has 0 bridgehead atoms. The van der Waals surface area contributed by atoms with Crippen LogP contribution in [-0.4, -0.2) is 43.4 Å². The molecule has 1 aliphatic heterocycles. The molecule has 0 amide bonds. The Bertz CT molecular complexity index is 638. The van der Waals surface area contributed by atoms with Crippen LogP contribution in [0.25, 0.3) is 0 Å². The molecule has 152 valence electrons. The second-order valence-electron chi connectivity index (χ2n) is 10.5. The number of ether oxygens (including phenoxy) is 3. The van der Waals surface area contributed by atoms with Crippen LogP contribution in [0.5, 0.6) is 0 Å². The molecule has 1 saturated heterocycles. The monoisotopic (exact) mass is 376 g/mol. The van der Waals surface area contributed by atoms with Gasteiger partial charge in [-0.05, 0) is 68.1 Å². The van der Waals surface area contributed by atoms with Crippen molar-refractivity contribution in [3.05, 3.63) is 11.6 Å². The summed E-state index contributed by atoms with van der Waals surface area (Å²) < 4.78 is 17.8. The molecule has 1 N–H and O–H groups in total. The van der Waals surface area contributed by atoms with Crippen molar-refractivity contribution in [2.75, 3.05) is 26.9 Å². The molecule has 6 atom stereocenters. The fourth-order valence-electron chi connectivity index (χ4n) is 7.99. The first-order valence-electron chi connectivity index (χ1n) is 11.0. The van der Waals surface area contributed by atoms with Crippen molar-refractivity contribution >= 4 is 0 Å². The van der Waals surface area contributed by atoms with Gasteiger partial charge >= 0.3 is 0 Å². The van der Waals surface area contributed by atoms with Crippen LogP contribution in [0, 0.1) is 28.6 Å². The quantitative estimate of drug-likeness (QED) is 0.738. The van der Waals surface area contributed by atoms with Crippen molar-refractivity contribution in [2.24, 2.45) is 28.6 Å². The summed E-state index contributed by atoms with van der Waals surface area (Å²) in [4.78, 5) is 0. The molecule has 5 aliphatic rings. The van der Waals surface area contributed by atoms with Crippen molar-refractivity contribution in [1.82, 2.24) is 0 Å². The lowest BCUT2D eigenvalue weighted by atomic mass is 9.47. The number of hydrogen-bond acceptors (Lipinski definition) is 4. The molecule has 4 aliphatic carbocycles. The molecule has 5 rings (SSSR count). The van der Waals surface area contributed by atoms with Gasteiger partial charge in [0.05, 0.1) is 25.4 Å². The Balaban J connectivity index is 1.44. The standard InChI is InChI=1S/C23H36O4/c1-20-10-11-22(24,15-25-3)14-16(20)4-5-17-18(20)6-8-21(2)19(17)7-9-23(21)26-12-13-27-23/h4,17-19,24H,5-15H2,1-3H3/t17-,18+,19+,20+,21+,22+/m1/s1. The molecule has 0 aromatic rings. The second kappa shape index (κ2) is 6.04. The van der Waals surface area contributed by atoms with Gasteiger partial charge in [-0.25, -0.2) is 0 Å². The SMILES string of the molecule is COC[C@]1(O)CC[C@@]2(C)C(=CC[C@@H]3[C@@H]2CC[C@@]2(C)[C@H]3CCC23OCCO3)C1. The first-order valence-corrected chi connectivity index (χ1v) is 11.0. The minimum atomic E-state index is -0.668. The van der Waals surface area contributed by atoms with E-state index in [-0.39, 0.29) is 16.6 Å². The van der Waals surface area contributed by atoms with Crippen LogP contribution in [-0.2, 0) is 14.2 Å². The molecule has 1 spiro atoms. The van der Waals surface area contributed by atoms with Gasteiger partial charge in [0, 0.05) is 18.9 Å². The van der Waals surface area contributed by atoms with E-state index < -0.39 is 5.60 Å². The zero-order chi connectivity index (χ0) is 18.9. The normalized spacial score (nSPS) is 50.8. The zero-order valence-electron chi connectivity index (χ0n) is 17.3. The summed E-state index contributed by atoms with van der Waals surface area (Å²) >= 11 is 0. The maximum absolute atomic E-state index is 11.0. The van der Waals surface area contributed by atoms with E-state index in [0.717, 1.165) is 57.2 Å². The Morgan fingerprint density at radius 1 is 1.07 bits per heavy atom. The van der Waals surface area contributed by atoms with Crippen LogP contribution in [0.15, 0.2) is 11.6 Å². The highest BCUT2D eigenvalue weighted by molar-refractivity contribution is 5.27. The predicted molar refractivity (Wildman–Crippen MR) is 103 cm³/mol. The number of methoxy groups -OCH3 is 1. The predicted octanol–water partition coefficient (Wildman–Crippen LogP) is 4.07. The Kier molecular flexibility index (Phi) is 4.16. The molecule has 4 nitrogen and oxygen atoms in total. The molecule has 4 heteroatoms. The number of aliphatic hydroxyl groups is 1. The van der Waals surface area contributed by atoms with Crippen molar-refractivity contribution in [3.63, 3.8) is 0 Å². The van der Waals surface area contributed by atoms with Crippen LogP contribution in [0.4, 0.5) is 0 Å². The maximum Gasteiger partial charge on any atom is 0.174 e. The third-order valence-electron chi connectivity index (χ3n) is 9.47. The molecular formula is C23H36O4.